The summed E-state index contributed by atoms with van der Waals surface area (Å²) >= 11 is 0. The van der Waals surface area contributed by atoms with Gasteiger partial charge >= 0.3 is 0 Å². The van der Waals surface area contributed by atoms with Crippen LogP contribution in [0.25, 0.3) is 70.7 Å². The molecule has 8 aromatic rings. The van der Waals surface area contributed by atoms with Gasteiger partial charge in [-0.15, -0.1) is 0 Å². The highest BCUT2D eigenvalue weighted by molar-refractivity contribution is 6.36. The molecule has 0 saturated heterocycles. The summed E-state index contributed by atoms with van der Waals surface area (Å²) in [5.41, 5.74) is 6.43. The highest BCUT2D eigenvalue weighted by Crippen LogP contribution is 2.45. The predicted molar refractivity (Wildman–Crippen MR) is 133 cm³/mol. The molecular formula is C29H18N2. The van der Waals surface area contributed by atoms with Crippen LogP contribution in [0.15, 0.2) is 91.0 Å². The van der Waals surface area contributed by atoms with Crippen LogP contribution in [0, 0.1) is 0 Å². The smallest absolute Gasteiger partial charge is 0.0620 e. The van der Waals surface area contributed by atoms with Gasteiger partial charge in [0.15, 0.2) is 0 Å². The van der Waals surface area contributed by atoms with Gasteiger partial charge in [0, 0.05) is 39.4 Å². The van der Waals surface area contributed by atoms with Gasteiger partial charge in [-0.05, 0) is 35.0 Å². The molecule has 31 heavy (non-hydrogen) atoms. The SMILES string of the molecule is Cn1c2cc3ccccc3c3c4cccc5c6ccccc6n(c6cccc1c6c32)c54. The minimum atomic E-state index is 1.27. The first kappa shape index (κ1) is 15.8. The number of fused-ring (bicyclic) bond motifs is 7. The monoisotopic (exact) mass is 394 g/mol. The van der Waals surface area contributed by atoms with Crippen LogP contribution < -0.4 is 0 Å². The van der Waals surface area contributed by atoms with Gasteiger partial charge in [-0.3, -0.25) is 0 Å². The zero-order valence-electron chi connectivity index (χ0n) is 17.1. The van der Waals surface area contributed by atoms with Crippen LogP contribution in [-0.2, 0) is 7.05 Å². The highest BCUT2D eigenvalue weighted by Gasteiger charge is 2.21. The summed E-state index contributed by atoms with van der Waals surface area (Å²) in [6.07, 6.45) is 0. The second kappa shape index (κ2) is 5.16. The zero-order chi connectivity index (χ0) is 20.3. The molecule has 0 aliphatic carbocycles. The molecule has 0 fully saturated rings. The highest BCUT2D eigenvalue weighted by atomic mass is 15.0. The molecular weight excluding hydrogens is 376 g/mol. The van der Waals surface area contributed by atoms with Crippen molar-refractivity contribution in [2.45, 2.75) is 0 Å². The van der Waals surface area contributed by atoms with E-state index in [1.165, 1.54) is 70.7 Å². The fraction of sp³-hybridized carbons (Fsp3) is 0.0345. The lowest BCUT2D eigenvalue weighted by atomic mass is 9.97. The Balaban J connectivity index is 1.94. The Hall–Kier alpha value is -4.04. The van der Waals surface area contributed by atoms with Gasteiger partial charge < -0.3 is 8.97 Å². The van der Waals surface area contributed by atoms with Crippen molar-refractivity contribution in [1.29, 1.82) is 0 Å². The van der Waals surface area contributed by atoms with Gasteiger partial charge in [-0.1, -0.05) is 66.7 Å². The summed E-state index contributed by atoms with van der Waals surface area (Å²) in [6, 6.07) is 33.5. The van der Waals surface area contributed by atoms with E-state index < -0.39 is 0 Å². The minimum absolute atomic E-state index is 1.27. The van der Waals surface area contributed by atoms with Gasteiger partial charge in [0.2, 0.25) is 0 Å². The second-order valence-corrected chi connectivity index (χ2v) is 8.65. The number of hydrogen-bond acceptors (Lipinski definition) is 0. The van der Waals surface area contributed by atoms with E-state index in [2.05, 4.69) is 107 Å². The molecule has 3 aromatic heterocycles. The van der Waals surface area contributed by atoms with Crippen molar-refractivity contribution in [3.8, 4) is 0 Å². The topological polar surface area (TPSA) is 9.34 Å². The minimum Gasteiger partial charge on any atom is -0.344 e. The van der Waals surface area contributed by atoms with Gasteiger partial charge in [-0.2, -0.15) is 0 Å². The average Bonchev–Trinajstić information content (AvgIpc) is 3.25. The van der Waals surface area contributed by atoms with Crippen LogP contribution in [0.2, 0.25) is 0 Å². The molecule has 3 heterocycles. The molecule has 0 atom stereocenters. The van der Waals surface area contributed by atoms with Gasteiger partial charge in [0.25, 0.3) is 0 Å². The van der Waals surface area contributed by atoms with Crippen molar-refractivity contribution in [3.63, 3.8) is 0 Å². The van der Waals surface area contributed by atoms with Crippen molar-refractivity contribution in [3.05, 3.63) is 91.0 Å². The second-order valence-electron chi connectivity index (χ2n) is 8.65. The molecule has 0 saturated carbocycles. The maximum absolute atomic E-state index is 2.50. The Kier molecular flexibility index (Phi) is 2.62. The molecule has 0 bridgehead atoms. The summed E-state index contributed by atoms with van der Waals surface area (Å²) < 4.78 is 4.86. The Labute approximate surface area is 177 Å². The Morgan fingerprint density at radius 2 is 1.16 bits per heavy atom. The molecule has 0 amide bonds. The fourth-order valence-electron chi connectivity index (χ4n) is 5.98. The van der Waals surface area contributed by atoms with Gasteiger partial charge in [0.1, 0.15) is 0 Å². The van der Waals surface area contributed by atoms with Crippen LogP contribution in [0.3, 0.4) is 0 Å². The maximum Gasteiger partial charge on any atom is 0.0620 e. The number of rotatable bonds is 0. The van der Waals surface area contributed by atoms with Gasteiger partial charge in [-0.25, -0.2) is 0 Å². The van der Waals surface area contributed by atoms with Crippen molar-refractivity contribution >= 4 is 70.7 Å². The number of aryl methyl sites for hydroxylation is 1. The molecule has 5 aromatic carbocycles. The Bertz CT molecular complexity index is 2000. The normalized spacial score (nSPS) is 12.7. The van der Waals surface area contributed by atoms with E-state index in [-0.39, 0.29) is 0 Å². The van der Waals surface area contributed by atoms with Crippen LogP contribution in [0.1, 0.15) is 0 Å². The third-order valence-corrected chi connectivity index (χ3v) is 7.23. The van der Waals surface area contributed by atoms with Crippen molar-refractivity contribution in [2.75, 3.05) is 0 Å². The van der Waals surface area contributed by atoms with E-state index in [9.17, 15) is 0 Å². The van der Waals surface area contributed by atoms with Crippen LogP contribution in [0.5, 0.6) is 0 Å². The number of hydrogen-bond donors (Lipinski definition) is 0. The van der Waals surface area contributed by atoms with E-state index in [1.807, 2.05) is 0 Å². The predicted octanol–water partition coefficient (Wildman–Crippen LogP) is 7.63. The lowest BCUT2D eigenvalue weighted by Gasteiger charge is -2.07. The Morgan fingerprint density at radius 3 is 2.10 bits per heavy atom. The molecule has 2 heteroatoms. The molecule has 0 spiro atoms. The number of benzene rings is 5. The number of para-hydroxylation sites is 2. The summed E-state index contributed by atoms with van der Waals surface area (Å²) in [4.78, 5) is 0. The summed E-state index contributed by atoms with van der Waals surface area (Å²) in [5, 5.41) is 10.6. The first-order valence-electron chi connectivity index (χ1n) is 10.8. The fourth-order valence-corrected chi connectivity index (χ4v) is 5.98. The van der Waals surface area contributed by atoms with Crippen molar-refractivity contribution in [1.82, 2.24) is 8.97 Å². The van der Waals surface area contributed by atoms with E-state index in [1.54, 1.807) is 0 Å². The largest absolute Gasteiger partial charge is 0.344 e. The summed E-state index contributed by atoms with van der Waals surface area (Å²) in [6.45, 7) is 0. The van der Waals surface area contributed by atoms with E-state index >= 15 is 0 Å². The van der Waals surface area contributed by atoms with Crippen LogP contribution >= 0.6 is 0 Å². The number of aromatic nitrogens is 2. The average molecular weight is 394 g/mol. The molecule has 0 N–H and O–H groups in total. The zero-order valence-corrected chi connectivity index (χ0v) is 17.1. The molecule has 0 aliphatic heterocycles. The van der Waals surface area contributed by atoms with Gasteiger partial charge in [0.05, 0.1) is 27.6 Å². The summed E-state index contributed by atoms with van der Waals surface area (Å²) in [7, 11) is 2.20. The van der Waals surface area contributed by atoms with Crippen molar-refractivity contribution in [2.24, 2.45) is 7.05 Å². The Morgan fingerprint density at radius 1 is 0.484 bits per heavy atom. The number of nitrogens with zero attached hydrogens (tertiary/aromatic N) is 2. The molecule has 0 aliphatic rings. The van der Waals surface area contributed by atoms with E-state index in [0.717, 1.165) is 0 Å². The van der Waals surface area contributed by atoms with E-state index in [4.69, 9.17) is 0 Å². The standard InChI is InChI=1S/C29H18N2/c1-30-23-14-7-15-24-27(23)28-25(30)16-17-8-2-3-9-18(17)26(28)21-12-6-11-20-19-10-4-5-13-22(19)31(24)29(20)21/h2-16H,1H3. The lowest BCUT2D eigenvalue weighted by molar-refractivity contribution is 1.02. The molecule has 144 valence electrons. The van der Waals surface area contributed by atoms with Crippen LogP contribution in [0.4, 0.5) is 0 Å². The first-order valence-corrected chi connectivity index (χ1v) is 10.8. The first-order chi connectivity index (χ1) is 15.3. The van der Waals surface area contributed by atoms with Crippen LogP contribution in [-0.4, -0.2) is 8.97 Å². The third-order valence-electron chi connectivity index (χ3n) is 7.23. The third kappa shape index (κ3) is 1.69. The molecule has 0 unspecified atom stereocenters. The quantitative estimate of drug-likeness (QED) is 0.250. The molecule has 8 rings (SSSR count). The lowest BCUT2D eigenvalue weighted by Crippen LogP contribution is -1.89. The molecule has 0 radical (unpaired) electrons. The maximum atomic E-state index is 2.50. The van der Waals surface area contributed by atoms with Crippen molar-refractivity contribution < 1.29 is 0 Å². The molecule has 2 nitrogen and oxygen atoms in total. The summed E-state index contributed by atoms with van der Waals surface area (Å²) in [5.74, 6) is 0. The van der Waals surface area contributed by atoms with E-state index in [0.29, 0.717) is 0 Å².